The highest BCUT2D eigenvalue weighted by Crippen LogP contribution is 2.29. The maximum absolute atomic E-state index is 12.2. The molecule has 1 saturated carbocycles. The molecule has 0 aromatic carbocycles. The van der Waals surface area contributed by atoms with Crippen LogP contribution in [0.3, 0.4) is 0 Å². The van der Waals surface area contributed by atoms with E-state index in [1.165, 1.54) is 25.7 Å². The summed E-state index contributed by atoms with van der Waals surface area (Å²) in [6.07, 6.45) is 5.54. The molecule has 1 atom stereocenters. The first-order valence-electron chi connectivity index (χ1n) is 7.91. The summed E-state index contributed by atoms with van der Waals surface area (Å²) in [6.45, 7) is 9.56. The molecule has 1 aliphatic carbocycles. The Morgan fingerprint density at radius 2 is 1.89 bits per heavy atom. The zero-order chi connectivity index (χ0) is 14.3. The third-order valence-electron chi connectivity index (χ3n) is 4.05. The lowest BCUT2D eigenvalue weighted by molar-refractivity contribution is -0.132. The first-order valence-corrected chi connectivity index (χ1v) is 7.91. The summed E-state index contributed by atoms with van der Waals surface area (Å²) in [5.41, 5.74) is 5.93. The Bertz CT molecular complexity index is 262. The molecule has 19 heavy (non-hydrogen) atoms. The fourth-order valence-corrected chi connectivity index (χ4v) is 2.65. The summed E-state index contributed by atoms with van der Waals surface area (Å²) in [5.74, 6) is 0.252. The van der Waals surface area contributed by atoms with E-state index >= 15 is 0 Å². The predicted molar refractivity (Wildman–Crippen MR) is 80.0 cm³/mol. The van der Waals surface area contributed by atoms with Gasteiger partial charge in [-0.15, -0.1) is 0 Å². The molecular formula is C15H31N3O. The van der Waals surface area contributed by atoms with Crippen molar-refractivity contribution in [1.82, 2.24) is 9.80 Å². The van der Waals surface area contributed by atoms with Crippen LogP contribution in [0.15, 0.2) is 0 Å². The van der Waals surface area contributed by atoms with E-state index in [0.29, 0.717) is 19.0 Å². The van der Waals surface area contributed by atoms with Crippen LogP contribution in [0.2, 0.25) is 0 Å². The molecule has 0 bridgehead atoms. The van der Waals surface area contributed by atoms with E-state index < -0.39 is 0 Å². The number of unbranched alkanes of at least 4 members (excludes halogenated alkanes) is 1. The number of amides is 1. The summed E-state index contributed by atoms with van der Waals surface area (Å²) >= 11 is 0. The molecule has 1 amide bonds. The summed E-state index contributed by atoms with van der Waals surface area (Å²) in [4.78, 5) is 16.6. The second kappa shape index (κ2) is 8.54. The molecule has 1 fully saturated rings. The third kappa shape index (κ3) is 5.11. The van der Waals surface area contributed by atoms with Gasteiger partial charge in [0.25, 0.3) is 0 Å². The van der Waals surface area contributed by atoms with Gasteiger partial charge in [-0.3, -0.25) is 9.69 Å². The largest absolute Gasteiger partial charge is 0.343 e. The van der Waals surface area contributed by atoms with Crippen molar-refractivity contribution in [3.05, 3.63) is 0 Å². The monoisotopic (exact) mass is 269 g/mol. The average Bonchev–Trinajstić information content (AvgIpc) is 3.23. The fourth-order valence-electron chi connectivity index (χ4n) is 2.65. The smallest absolute Gasteiger partial charge is 0.224 e. The molecular weight excluding hydrogens is 238 g/mol. The van der Waals surface area contributed by atoms with Gasteiger partial charge in [-0.1, -0.05) is 13.3 Å². The zero-order valence-electron chi connectivity index (χ0n) is 12.9. The highest BCUT2D eigenvalue weighted by atomic mass is 16.2. The lowest BCUT2D eigenvalue weighted by Crippen LogP contribution is -2.46. The van der Waals surface area contributed by atoms with Crippen LogP contribution in [0, 0.1) is 0 Å². The Labute approximate surface area is 118 Å². The third-order valence-corrected chi connectivity index (χ3v) is 4.05. The molecule has 0 saturated heterocycles. The summed E-state index contributed by atoms with van der Waals surface area (Å²) in [6, 6.07) is 0.914. The van der Waals surface area contributed by atoms with Crippen LogP contribution in [0.4, 0.5) is 0 Å². The number of carbonyl (C=O) groups excluding carboxylic acids is 1. The van der Waals surface area contributed by atoms with Crippen molar-refractivity contribution in [2.45, 2.75) is 65.0 Å². The van der Waals surface area contributed by atoms with Crippen molar-refractivity contribution in [3.8, 4) is 0 Å². The number of rotatable bonds is 10. The number of nitrogens with two attached hydrogens (primary N) is 1. The Morgan fingerprint density at radius 1 is 1.26 bits per heavy atom. The minimum atomic E-state index is 0.229. The molecule has 112 valence electrons. The molecule has 0 radical (unpaired) electrons. The second-order valence-corrected chi connectivity index (χ2v) is 5.48. The molecule has 2 N–H and O–H groups in total. The Hall–Kier alpha value is -0.610. The molecule has 0 heterocycles. The standard InChI is InChI=1S/C15H31N3O/c1-4-7-10-18(13-8-9-13)14(12-16)11-15(19)17(5-2)6-3/h13-14H,4-12,16H2,1-3H3. The quantitative estimate of drug-likeness (QED) is 0.658. The van der Waals surface area contributed by atoms with E-state index in [1.54, 1.807) is 0 Å². The van der Waals surface area contributed by atoms with E-state index in [2.05, 4.69) is 11.8 Å². The maximum Gasteiger partial charge on any atom is 0.224 e. The Morgan fingerprint density at radius 3 is 2.32 bits per heavy atom. The van der Waals surface area contributed by atoms with Crippen molar-refractivity contribution >= 4 is 5.91 Å². The Balaban J connectivity index is 2.55. The van der Waals surface area contributed by atoms with Crippen molar-refractivity contribution in [2.24, 2.45) is 5.73 Å². The van der Waals surface area contributed by atoms with Crippen LogP contribution in [-0.4, -0.2) is 54.0 Å². The van der Waals surface area contributed by atoms with E-state index in [9.17, 15) is 4.79 Å². The minimum Gasteiger partial charge on any atom is -0.343 e. The molecule has 0 aliphatic heterocycles. The van der Waals surface area contributed by atoms with Crippen LogP contribution in [0.1, 0.15) is 52.9 Å². The fraction of sp³-hybridized carbons (Fsp3) is 0.933. The van der Waals surface area contributed by atoms with Gasteiger partial charge in [0.15, 0.2) is 0 Å². The predicted octanol–water partition coefficient (Wildman–Crippen LogP) is 1.84. The van der Waals surface area contributed by atoms with Crippen molar-refractivity contribution in [3.63, 3.8) is 0 Å². The van der Waals surface area contributed by atoms with E-state index in [-0.39, 0.29) is 11.9 Å². The first kappa shape index (κ1) is 16.4. The molecule has 1 rings (SSSR count). The van der Waals surface area contributed by atoms with E-state index in [0.717, 1.165) is 19.6 Å². The van der Waals surface area contributed by atoms with Gasteiger partial charge in [-0.05, 0) is 39.7 Å². The maximum atomic E-state index is 12.2. The van der Waals surface area contributed by atoms with Gasteiger partial charge in [-0.2, -0.15) is 0 Å². The zero-order valence-corrected chi connectivity index (χ0v) is 12.9. The van der Waals surface area contributed by atoms with Gasteiger partial charge in [0.2, 0.25) is 5.91 Å². The molecule has 0 spiro atoms. The molecule has 1 unspecified atom stereocenters. The van der Waals surface area contributed by atoms with Gasteiger partial charge in [0.1, 0.15) is 0 Å². The molecule has 0 aromatic rings. The molecule has 0 aromatic heterocycles. The summed E-state index contributed by atoms with van der Waals surface area (Å²) in [5, 5.41) is 0. The van der Waals surface area contributed by atoms with E-state index in [4.69, 9.17) is 5.73 Å². The summed E-state index contributed by atoms with van der Waals surface area (Å²) in [7, 11) is 0. The molecule has 1 aliphatic rings. The lowest BCUT2D eigenvalue weighted by atomic mass is 10.1. The molecule has 4 heteroatoms. The van der Waals surface area contributed by atoms with E-state index in [1.807, 2.05) is 18.7 Å². The average molecular weight is 269 g/mol. The van der Waals surface area contributed by atoms with Gasteiger partial charge in [0, 0.05) is 38.1 Å². The minimum absolute atomic E-state index is 0.229. The van der Waals surface area contributed by atoms with Crippen LogP contribution >= 0.6 is 0 Å². The van der Waals surface area contributed by atoms with Gasteiger partial charge in [-0.25, -0.2) is 0 Å². The van der Waals surface area contributed by atoms with Crippen LogP contribution in [0.25, 0.3) is 0 Å². The lowest BCUT2D eigenvalue weighted by Gasteiger charge is -2.32. The van der Waals surface area contributed by atoms with Crippen molar-refractivity contribution in [2.75, 3.05) is 26.2 Å². The van der Waals surface area contributed by atoms with Crippen LogP contribution < -0.4 is 5.73 Å². The number of nitrogens with zero attached hydrogens (tertiary/aromatic N) is 2. The summed E-state index contributed by atoms with van der Waals surface area (Å²) < 4.78 is 0. The highest BCUT2D eigenvalue weighted by Gasteiger charge is 2.34. The molecule has 4 nitrogen and oxygen atoms in total. The first-order chi connectivity index (χ1) is 9.17. The SMILES string of the molecule is CCCCN(C1CC1)C(CN)CC(=O)N(CC)CC. The van der Waals surface area contributed by atoms with Crippen molar-refractivity contribution < 1.29 is 4.79 Å². The van der Waals surface area contributed by atoms with Gasteiger partial charge < -0.3 is 10.6 Å². The van der Waals surface area contributed by atoms with Crippen molar-refractivity contribution in [1.29, 1.82) is 0 Å². The normalized spacial score (nSPS) is 16.7. The van der Waals surface area contributed by atoms with Gasteiger partial charge >= 0.3 is 0 Å². The number of carbonyl (C=O) groups is 1. The topological polar surface area (TPSA) is 49.6 Å². The van der Waals surface area contributed by atoms with Crippen LogP contribution in [-0.2, 0) is 4.79 Å². The number of hydrogen-bond acceptors (Lipinski definition) is 3. The number of hydrogen-bond donors (Lipinski definition) is 1. The van der Waals surface area contributed by atoms with Gasteiger partial charge in [0.05, 0.1) is 0 Å². The second-order valence-electron chi connectivity index (χ2n) is 5.48. The highest BCUT2D eigenvalue weighted by molar-refractivity contribution is 5.76. The van der Waals surface area contributed by atoms with Crippen LogP contribution in [0.5, 0.6) is 0 Å². The Kier molecular flexibility index (Phi) is 7.39.